The zero-order valence-electron chi connectivity index (χ0n) is 15.2. The third-order valence-corrected chi connectivity index (χ3v) is 4.51. The van der Waals surface area contributed by atoms with Crippen molar-refractivity contribution in [2.24, 2.45) is 0 Å². The third-order valence-electron chi connectivity index (χ3n) is 4.51. The number of pyridine rings is 1. The first-order valence-corrected chi connectivity index (χ1v) is 8.51. The minimum Gasteiger partial charge on any atom is -0.497 e. The summed E-state index contributed by atoms with van der Waals surface area (Å²) < 4.78 is 5.37. The Kier molecular flexibility index (Phi) is 4.31. The minimum atomic E-state index is 0.129. The molecule has 0 aliphatic rings. The second-order valence-electron chi connectivity index (χ2n) is 7.23. The van der Waals surface area contributed by atoms with Crippen LogP contribution >= 0.6 is 0 Å². The smallest absolute Gasteiger partial charge is 0.121 e. The highest BCUT2D eigenvalue weighted by Gasteiger charge is 2.15. The van der Waals surface area contributed by atoms with Crippen LogP contribution in [0, 0.1) is 0 Å². The molecule has 0 aliphatic heterocycles. The number of hydrogen-bond acceptors (Lipinski definition) is 2. The molecule has 1 heterocycles. The van der Waals surface area contributed by atoms with E-state index < -0.39 is 0 Å². The van der Waals surface area contributed by atoms with Gasteiger partial charge in [-0.3, -0.25) is 0 Å². The van der Waals surface area contributed by atoms with Crippen LogP contribution < -0.4 is 4.74 Å². The number of rotatable bonds is 3. The van der Waals surface area contributed by atoms with Gasteiger partial charge in [-0.25, -0.2) is 4.98 Å². The van der Waals surface area contributed by atoms with E-state index in [-0.39, 0.29) is 5.41 Å². The van der Waals surface area contributed by atoms with Crippen molar-refractivity contribution in [3.05, 3.63) is 59.7 Å². The summed E-state index contributed by atoms with van der Waals surface area (Å²) in [5, 5.41) is 1.20. The summed E-state index contributed by atoms with van der Waals surface area (Å²) >= 11 is 0. The van der Waals surface area contributed by atoms with Gasteiger partial charge >= 0.3 is 0 Å². The standard InChI is InChI=1S/C22H25NO/c1-6-15-13-20(16-8-7-9-17(12-16)22(2,3)4)23-21-14-18(24-5)10-11-19(15)21/h7-14H,6H2,1-5H3. The highest BCUT2D eigenvalue weighted by molar-refractivity contribution is 5.86. The summed E-state index contributed by atoms with van der Waals surface area (Å²) in [6, 6.07) is 17.1. The van der Waals surface area contributed by atoms with E-state index in [0.717, 1.165) is 23.4 Å². The molecule has 2 aromatic carbocycles. The fraction of sp³-hybridized carbons (Fsp3) is 0.318. The van der Waals surface area contributed by atoms with Crippen molar-refractivity contribution in [2.45, 2.75) is 39.5 Å². The molecule has 0 radical (unpaired) electrons. The van der Waals surface area contributed by atoms with Gasteiger partial charge in [0.25, 0.3) is 0 Å². The van der Waals surface area contributed by atoms with Crippen molar-refractivity contribution in [3.63, 3.8) is 0 Å². The van der Waals surface area contributed by atoms with Crippen LogP contribution in [0.2, 0.25) is 0 Å². The summed E-state index contributed by atoms with van der Waals surface area (Å²) in [5.74, 6) is 0.845. The number of nitrogens with zero attached hydrogens (tertiary/aromatic N) is 1. The Morgan fingerprint density at radius 3 is 2.46 bits per heavy atom. The Balaban J connectivity index is 2.19. The highest BCUT2D eigenvalue weighted by atomic mass is 16.5. The molecule has 24 heavy (non-hydrogen) atoms. The second kappa shape index (κ2) is 6.27. The Labute approximate surface area is 144 Å². The lowest BCUT2D eigenvalue weighted by Gasteiger charge is -2.20. The molecule has 0 atom stereocenters. The molecule has 0 bridgehead atoms. The van der Waals surface area contributed by atoms with Crippen LogP contribution in [0.5, 0.6) is 5.75 Å². The van der Waals surface area contributed by atoms with Gasteiger partial charge < -0.3 is 4.74 Å². The molecular weight excluding hydrogens is 294 g/mol. The molecule has 2 heteroatoms. The molecule has 2 nitrogen and oxygen atoms in total. The van der Waals surface area contributed by atoms with E-state index in [1.165, 1.54) is 22.1 Å². The molecule has 3 aromatic rings. The summed E-state index contributed by atoms with van der Waals surface area (Å²) in [5.41, 5.74) is 5.96. The SMILES string of the molecule is CCc1cc(-c2cccc(C(C)(C)C)c2)nc2cc(OC)ccc12. The predicted molar refractivity (Wildman–Crippen MR) is 102 cm³/mol. The molecule has 0 unspecified atom stereocenters. The van der Waals surface area contributed by atoms with Crippen molar-refractivity contribution in [3.8, 4) is 17.0 Å². The number of ether oxygens (including phenoxy) is 1. The lowest BCUT2D eigenvalue weighted by atomic mass is 9.86. The Hall–Kier alpha value is -2.35. The highest BCUT2D eigenvalue weighted by Crippen LogP contribution is 2.30. The molecule has 0 N–H and O–H groups in total. The average molecular weight is 319 g/mol. The maximum atomic E-state index is 5.37. The minimum absolute atomic E-state index is 0.129. The van der Waals surface area contributed by atoms with Gasteiger partial charge in [-0.1, -0.05) is 45.9 Å². The average Bonchev–Trinajstić information content (AvgIpc) is 2.59. The Bertz CT molecular complexity index is 875. The van der Waals surface area contributed by atoms with Crippen LogP contribution in [0.25, 0.3) is 22.2 Å². The summed E-state index contributed by atoms with van der Waals surface area (Å²) in [7, 11) is 1.69. The largest absolute Gasteiger partial charge is 0.497 e. The molecule has 124 valence electrons. The number of fused-ring (bicyclic) bond motifs is 1. The topological polar surface area (TPSA) is 22.1 Å². The number of methoxy groups -OCH3 is 1. The van der Waals surface area contributed by atoms with E-state index in [4.69, 9.17) is 9.72 Å². The molecule has 1 aromatic heterocycles. The molecule has 0 saturated carbocycles. The normalized spacial score (nSPS) is 11.7. The second-order valence-corrected chi connectivity index (χ2v) is 7.23. The molecule has 3 rings (SSSR count). The van der Waals surface area contributed by atoms with Gasteiger partial charge in [-0.2, -0.15) is 0 Å². The van der Waals surface area contributed by atoms with Crippen LogP contribution in [-0.4, -0.2) is 12.1 Å². The maximum Gasteiger partial charge on any atom is 0.121 e. The zero-order valence-corrected chi connectivity index (χ0v) is 15.2. The van der Waals surface area contributed by atoms with Crippen LogP contribution in [0.3, 0.4) is 0 Å². The molecule has 0 amide bonds. The first-order valence-electron chi connectivity index (χ1n) is 8.51. The lowest BCUT2D eigenvalue weighted by molar-refractivity contribution is 0.415. The van der Waals surface area contributed by atoms with Crippen LogP contribution in [-0.2, 0) is 11.8 Å². The van der Waals surface area contributed by atoms with Crippen LogP contribution in [0.1, 0.15) is 38.8 Å². The number of aromatic nitrogens is 1. The first-order chi connectivity index (χ1) is 11.4. The van der Waals surface area contributed by atoms with Crippen molar-refractivity contribution in [2.75, 3.05) is 7.11 Å². The monoisotopic (exact) mass is 319 g/mol. The van der Waals surface area contributed by atoms with Crippen molar-refractivity contribution in [1.82, 2.24) is 4.98 Å². The van der Waals surface area contributed by atoms with Gasteiger partial charge in [-0.05, 0) is 47.2 Å². The number of benzene rings is 2. The van der Waals surface area contributed by atoms with E-state index in [9.17, 15) is 0 Å². The van der Waals surface area contributed by atoms with Gasteiger partial charge in [-0.15, -0.1) is 0 Å². The van der Waals surface area contributed by atoms with Gasteiger partial charge in [0, 0.05) is 17.0 Å². The van der Waals surface area contributed by atoms with E-state index in [0.29, 0.717) is 0 Å². The fourth-order valence-electron chi connectivity index (χ4n) is 2.99. The summed E-state index contributed by atoms with van der Waals surface area (Å²) in [6.45, 7) is 8.90. The quantitative estimate of drug-likeness (QED) is 0.611. The molecule has 0 spiro atoms. The van der Waals surface area contributed by atoms with Crippen LogP contribution in [0.4, 0.5) is 0 Å². The van der Waals surface area contributed by atoms with Crippen molar-refractivity contribution >= 4 is 10.9 Å². The maximum absolute atomic E-state index is 5.37. The van der Waals surface area contributed by atoms with E-state index in [1.807, 2.05) is 12.1 Å². The number of aryl methyl sites for hydroxylation is 1. The van der Waals surface area contributed by atoms with Crippen molar-refractivity contribution in [1.29, 1.82) is 0 Å². The molecule has 0 saturated heterocycles. The molecular formula is C22H25NO. The van der Waals surface area contributed by atoms with Gasteiger partial charge in [0.1, 0.15) is 5.75 Å². The van der Waals surface area contributed by atoms with E-state index in [2.05, 4.69) is 64.1 Å². The van der Waals surface area contributed by atoms with Gasteiger partial charge in [0.15, 0.2) is 0 Å². The van der Waals surface area contributed by atoms with Crippen molar-refractivity contribution < 1.29 is 4.74 Å². The first kappa shape index (κ1) is 16.5. The predicted octanol–water partition coefficient (Wildman–Crippen LogP) is 5.77. The Morgan fingerprint density at radius 1 is 1.00 bits per heavy atom. The molecule has 0 aliphatic carbocycles. The van der Waals surface area contributed by atoms with Crippen LogP contribution in [0.15, 0.2) is 48.5 Å². The Morgan fingerprint density at radius 2 is 1.79 bits per heavy atom. The fourth-order valence-corrected chi connectivity index (χ4v) is 2.99. The van der Waals surface area contributed by atoms with E-state index in [1.54, 1.807) is 7.11 Å². The molecule has 0 fully saturated rings. The number of hydrogen-bond donors (Lipinski definition) is 0. The van der Waals surface area contributed by atoms with E-state index >= 15 is 0 Å². The summed E-state index contributed by atoms with van der Waals surface area (Å²) in [4.78, 5) is 4.91. The van der Waals surface area contributed by atoms with Gasteiger partial charge in [0.2, 0.25) is 0 Å². The third kappa shape index (κ3) is 3.14. The zero-order chi connectivity index (χ0) is 17.3. The lowest BCUT2D eigenvalue weighted by Crippen LogP contribution is -2.10. The van der Waals surface area contributed by atoms with Gasteiger partial charge in [0.05, 0.1) is 18.3 Å². The summed E-state index contributed by atoms with van der Waals surface area (Å²) in [6.07, 6.45) is 0.983.